The van der Waals surface area contributed by atoms with Crippen molar-refractivity contribution in [3.63, 3.8) is 0 Å². The molecule has 0 amide bonds. The second-order valence-corrected chi connectivity index (χ2v) is 8.57. The van der Waals surface area contributed by atoms with Gasteiger partial charge >= 0.3 is 0 Å². The first kappa shape index (κ1) is 16.4. The second-order valence-electron chi connectivity index (χ2n) is 5.07. The van der Waals surface area contributed by atoms with E-state index < -0.39 is 20.0 Å². The van der Waals surface area contributed by atoms with Crippen LogP contribution in [0.15, 0.2) is 34.1 Å². The average molecular weight is 334 g/mol. The number of rotatable bonds is 4. The fourth-order valence-electron chi connectivity index (χ4n) is 2.35. The molecule has 0 aliphatic carbocycles. The van der Waals surface area contributed by atoms with Gasteiger partial charge in [0.05, 0.1) is 9.79 Å². The molecule has 1 fully saturated rings. The standard InChI is InChI=1S/C12H18N2O5S2/c13-20(16,17)11-4-1-5-12(7-11)21(18,19)14-6-2-3-10(8-14)9-15/h1,4-5,7,10,15H,2-3,6,8-9H2,(H2,13,16,17). The SMILES string of the molecule is NS(=O)(=O)c1cccc(S(=O)(=O)N2CCCC(CO)C2)c1. The predicted octanol–water partition coefficient (Wildman–Crippen LogP) is -0.273. The third kappa shape index (κ3) is 3.61. The summed E-state index contributed by atoms with van der Waals surface area (Å²) in [5, 5.41) is 14.2. The van der Waals surface area contributed by atoms with E-state index in [2.05, 4.69) is 0 Å². The zero-order chi connectivity index (χ0) is 15.7. The van der Waals surface area contributed by atoms with Crippen molar-refractivity contribution < 1.29 is 21.9 Å². The van der Waals surface area contributed by atoms with E-state index in [1.54, 1.807) is 0 Å². The molecule has 3 N–H and O–H groups in total. The first-order valence-electron chi connectivity index (χ1n) is 6.49. The molecule has 1 aliphatic heterocycles. The number of aliphatic hydroxyl groups excluding tert-OH is 1. The zero-order valence-corrected chi connectivity index (χ0v) is 13.0. The van der Waals surface area contributed by atoms with Crippen molar-refractivity contribution in [3.8, 4) is 0 Å². The van der Waals surface area contributed by atoms with E-state index in [-0.39, 0.29) is 28.9 Å². The minimum Gasteiger partial charge on any atom is -0.396 e. The summed E-state index contributed by atoms with van der Waals surface area (Å²) in [5.41, 5.74) is 0. The van der Waals surface area contributed by atoms with Gasteiger partial charge in [-0.1, -0.05) is 6.07 Å². The van der Waals surface area contributed by atoms with Crippen LogP contribution in [0.3, 0.4) is 0 Å². The molecule has 9 heteroatoms. The summed E-state index contributed by atoms with van der Waals surface area (Å²) in [6.45, 7) is 0.528. The lowest BCUT2D eigenvalue weighted by Gasteiger charge is -2.31. The second kappa shape index (κ2) is 6.01. The van der Waals surface area contributed by atoms with Gasteiger partial charge in [-0.3, -0.25) is 0 Å². The van der Waals surface area contributed by atoms with Crippen LogP contribution in [0.1, 0.15) is 12.8 Å². The molecule has 2 rings (SSSR count). The van der Waals surface area contributed by atoms with Crippen LogP contribution in [0, 0.1) is 5.92 Å². The first-order valence-corrected chi connectivity index (χ1v) is 9.47. The van der Waals surface area contributed by atoms with Crippen molar-refractivity contribution in [1.82, 2.24) is 4.31 Å². The summed E-state index contributed by atoms with van der Waals surface area (Å²) >= 11 is 0. The molecule has 1 aromatic carbocycles. The lowest BCUT2D eigenvalue weighted by atomic mass is 10.0. The summed E-state index contributed by atoms with van der Waals surface area (Å²) < 4.78 is 49.0. The summed E-state index contributed by atoms with van der Waals surface area (Å²) in [6, 6.07) is 5.00. The number of hydrogen-bond acceptors (Lipinski definition) is 5. The molecule has 21 heavy (non-hydrogen) atoms. The number of aliphatic hydroxyl groups is 1. The minimum atomic E-state index is -3.95. The van der Waals surface area contributed by atoms with Gasteiger partial charge in [-0.25, -0.2) is 22.0 Å². The van der Waals surface area contributed by atoms with Gasteiger partial charge in [0.2, 0.25) is 20.0 Å². The molecule has 0 spiro atoms. The van der Waals surface area contributed by atoms with Gasteiger partial charge in [-0.15, -0.1) is 0 Å². The van der Waals surface area contributed by atoms with Gasteiger partial charge in [-0.2, -0.15) is 4.31 Å². The Labute approximate surface area is 124 Å². The number of piperidine rings is 1. The van der Waals surface area contributed by atoms with E-state index in [4.69, 9.17) is 5.14 Å². The maximum atomic E-state index is 12.5. The number of sulfonamides is 2. The third-order valence-corrected chi connectivity index (χ3v) is 6.28. The van der Waals surface area contributed by atoms with Crippen molar-refractivity contribution in [2.75, 3.05) is 19.7 Å². The van der Waals surface area contributed by atoms with Crippen molar-refractivity contribution >= 4 is 20.0 Å². The quantitative estimate of drug-likeness (QED) is 0.785. The topological polar surface area (TPSA) is 118 Å². The number of benzene rings is 1. The fraction of sp³-hybridized carbons (Fsp3) is 0.500. The van der Waals surface area contributed by atoms with Crippen molar-refractivity contribution in [2.45, 2.75) is 22.6 Å². The van der Waals surface area contributed by atoms with Crippen LogP contribution >= 0.6 is 0 Å². The Morgan fingerprint density at radius 3 is 2.52 bits per heavy atom. The highest BCUT2D eigenvalue weighted by Gasteiger charge is 2.30. The maximum Gasteiger partial charge on any atom is 0.243 e. The molecule has 1 heterocycles. The van der Waals surface area contributed by atoms with Gasteiger partial charge < -0.3 is 5.11 Å². The van der Waals surface area contributed by atoms with E-state index in [9.17, 15) is 21.9 Å². The Morgan fingerprint density at radius 1 is 1.24 bits per heavy atom. The van der Waals surface area contributed by atoms with Crippen LogP contribution in [0.25, 0.3) is 0 Å². The number of nitrogens with two attached hydrogens (primary N) is 1. The van der Waals surface area contributed by atoms with Gasteiger partial charge in [-0.05, 0) is 37.0 Å². The molecule has 0 aromatic heterocycles. The molecule has 7 nitrogen and oxygen atoms in total. The average Bonchev–Trinajstić information content (AvgIpc) is 2.46. The van der Waals surface area contributed by atoms with Crippen LogP contribution in [0.4, 0.5) is 0 Å². The van der Waals surface area contributed by atoms with Crippen LogP contribution in [-0.2, 0) is 20.0 Å². The van der Waals surface area contributed by atoms with Gasteiger partial charge in [0, 0.05) is 19.7 Å². The molecule has 1 aromatic rings. The largest absolute Gasteiger partial charge is 0.396 e. The van der Waals surface area contributed by atoms with Crippen molar-refractivity contribution in [2.24, 2.45) is 11.1 Å². The molecule has 1 aliphatic rings. The zero-order valence-electron chi connectivity index (χ0n) is 11.3. The van der Waals surface area contributed by atoms with Crippen LogP contribution < -0.4 is 5.14 Å². The maximum absolute atomic E-state index is 12.5. The van der Waals surface area contributed by atoms with Gasteiger partial charge in [0.1, 0.15) is 0 Å². The molecule has 1 atom stereocenters. The Balaban J connectivity index is 2.36. The van der Waals surface area contributed by atoms with Gasteiger partial charge in [0.15, 0.2) is 0 Å². The summed E-state index contributed by atoms with van der Waals surface area (Å²) in [6.07, 6.45) is 1.44. The first-order chi connectivity index (χ1) is 9.75. The van der Waals surface area contributed by atoms with Crippen molar-refractivity contribution in [1.29, 1.82) is 0 Å². The number of primary sulfonamides is 1. The Bertz CT molecular complexity index is 715. The minimum absolute atomic E-state index is 0.0662. The molecule has 118 valence electrons. The van der Waals surface area contributed by atoms with E-state index >= 15 is 0 Å². The van der Waals surface area contributed by atoms with Gasteiger partial charge in [0.25, 0.3) is 0 Å². The Hall–Kier alpha value is -1.00. The highest BCUT2D eigenvalue weighted by molar-refractivity contribution is 7.90. The molecular weight excluding hydrogens is 316 g/mol. The predicted molar refractivity (Wildman–Crippen MR) is 76.4 cm³/mol. The molecule has 0 radical (unpaired) electrons. The van der Waals surface area contributed by atoms with E-state index in [1.807, 2.05) is 0 Å². The molecule has 0 bridgehead atoms. The Kier molecular flexibility index (Phi) is 4.69. The lowest BCUT2D eigenvalue weighted by molar-refractivity contribution is 0.165. The smallest absolute Gasteiger partial charge is 0.243 e. The van der Waals surface area contributed by atoms with E-state index in [0.717, 1.165) is 12.5 Å². The summed E-state index contributed by atoms with van der Waals surface area (Å²) in [5.74, 6) is -0.0880. The molecule has 1 saturated heterocycles. The normalized spacial score (nSPS) is 21.3. The molecule has 0 saturated carbocycles. The van der Waals surface area contributed by atoms with E-state index in [0.29, 0.717) is 13.0 Å². The lowest BCUT2D eigenvalue weighted by Crippen LogP contribution is -2.40. The monoisotopic (exact) mass is 334 g/mol. The third-order valence-electron chi connectivity index (χ3n) is 3.51. The van der Waals surface area contributed by atoms with Crippen LogP contribution in [0.2, 0.25) is 0 Å². The van der Waals surface area contributed by atoms with E-state index in [1.165, 1.54) is 22.5 Å². The highest BCUT2D eigenvalue weighted by atomic mass is 32.2. The molecular formula is C12H18N2O5S2. The Morgan fingerprint density at radius 2 is 1.90 bits per heavy atom. The summed E-state index contributed by atoms with van der Waals surface area (Å²) in [4.78, 5) is -0.341. The fourth-order valence-corrected chi connectivity index (χ4v) is 4.59. The summed E-state index contributed by atoms with van der Waals surface area (Å²) in [7, 11) is -7.74. The van der Waals surface area contributed by atoms with Crippen molar-refractivity contribution in [3.05, 3.63) is 24.3 Å². The highest BCUT2D eigenvalue weighted by Crippen LogP contribution is 2.24. The van der Waals surface area contributed by atoms with Crippen LogP contribution in [-0.4, -0.2) is 45.9 Å². The van der Waals surface area contributed by atoms with Crippen LogP contribution in [0.5, 0.6) is 0 Å². The molecule has 1 unspecified atom stereocenters. The number of nitrogens with zero attached hydrogens (tertiary/aromatic N) is 1. The number of hydrogen-bond donors (Lipinski definition) is 2.